The van der Waals surface area contributed by atoms with Crippen LogP contribution in [-0.2, 0) is 11.3 Å². The van der Waals surface area contributed by atoms with Gasteiger partial charge in [-0.05, 0) is 40.2 Å². The Bertz CT molecular complexity index is 509. The van der Waals surface area contributed by atoms with Crippen LogP contribution >= 0.6 is 0 Å². The fourth-order valence-electron chi connectivity index (χ4n) is 1.82. The zero-order chi connectivity index (χ0) is 16.0. The Hall–Kier alpha value is -2.02. The van der Waals surface area contributed by atoms with Gasteiger partial charge in [0.1, 0.15) is 5.60 Å². The van der Waals surface area contributed by atoms with Crippen molar-refractivity contribution in [1.82, 2.24) is 4.90 Å². The predicted octanol–water partition coefficient (Wildman–Crippen LogP) is 3.89. The Morgan fingerprint density at radius 2 is 1.90 bits per heavy atom. The number of hydrogen-bond acceptors (Lipinski definition) is 3. The zero-order valence-corrected chi connectivity index (χ0v) is 13.5. The van der Waals surface area contributed by atoms with Crippen LogP contribution in [0.25, 0.3) is 0 Å². The highest BCUT2D eigenvalue weighted by atomic mass is 16.6. The molecular weight excluding hydrogens is 264 g/mol. The molecule has 1 unspecified atom stereocenters. The van der Waals surface area contributed by atoms with Gasteiger partial charge in [-0.2, -0.15) is 5.26 Å². The van der Waals surface area contributed by atoms with Crippen molar-refractivity contribution in [3.05, 3.63) is 35.4 Å². The van der Waals surface area contributed by atoms with E-state index in [1.54, 1.807) is 11.8 Å². The van der Waals surface area contributed by atoms with E-state index in [0.29, 0.717) is 13.1 Å². The standard InChI is InChI=1S/C17H24N2O2/c1-13-6-8-15(9-7-13)12-19(11-14(2)10-18)16(20)21-17(3,4)5/h6-9,14H,11-12H2,1-5H3. The molecule has 4 heteroatoms. The van der Waals surface area contributed by atoms with Crippen molar-refractivity contribution >= 4 is 6.09 Å². The maximum Gasteiger partial charge on any atom is 0.410 e. The summed E-state index contributed by atoms with van der Waals surface area (Å²) in [5.74, 6) is -0.233. The molecule has 1 aromatic carbocycles. The van der Waals surface area contributed by atoms with Gasteiger partial charge < -0.3 is 9.64 Å². The summed E-state index contributed by atoms with van der Waals surface area (Å²) in [7, 11) is 0. The summed E-state index contributed by atoms with van der Waals surface area (Å²) in [5.41, 5.74) is 1.66. The monoisotopic (exact) mass is 288 g/mol. The van der Waals surface area contributed by atoms with Crippen LogP contribution in [-0.4, -0.2) is 23.1 Å². The lowest BCUT2D eigenvalue weighted by Crippen LogP contribution is -2.38. The molecule has 21 heavy (non-hydrogen) atoms. The Balaban J connectivity index is 2.84. The Morgan fingerprint density at radius 1 is 1.33 bits per heavy atom. The Morgan fingerprint density at radius 3 is 2.38 bits per heavy atom. The number of ether oxygens (including phenoxy) is 1. The molecule has 0 fully saturated rings. The molecule has 0 spiro atoms. The van der Waals surface area contributed by atoms with Gasteiger partial charge in [0, 0.05) is 13.1 Å². The van der Waals surface area contributed by atoms with Crippen molar-refractivity contribution in [2.24, 2.45) is 5.92 Å². The number of carbonyl (C=O) groups excluding carboxylic acids is 1. The van der Waals surface area contributed by atoms with Crippen molar-refractivity contribution < 1.29 is 9.53 Å². The summed E-state index contributed by atoms with van der Waals surface area (Å²) < 4.78 is 5.42. The highest BCUT2D eigenvalue weighted by molar-refractivity contribution is 5.68. The van der Waals surface area contributed by atoms with Crippen molar-refractivity contribution in [3.8, 4) is 6.07 Å². The molecule has 1 atom stereocenters. The minimum Gasteiger partial charge on any atom is -0.444 e. The first-order valence-corrected chi connectivity index (χ1v) is 7.14. The smallest absolute Gasteiger partial charge is 0.410 e. The third-order valence-corrected chi connectivity index (χ3v) is 2.86. The van der Waals surface area contributed by atoms with E-state index < -0.39 is 5.60 Å². The molecule has 0 saturated heterocycles. The van der Waals surface area contributed by atoms with E-state index in [0.717, 1.165) is 5.56 Å². The van der Waals surface area contributed by atoms with Gasteiger partial charge in [0.05, 0.1) is 12.0 Å². The van der Waals surface area contributed by atoms with Gasteiger partial charge in [0.2, 0.25) is 0 Å². The minimum atomic E-state index is -0.543. The highest BCUT2D eigenvalue weighted by Crippen LogP contribution is 2.14. The topological polar surface area (TPSA) is 53.3 Å². The molecule has 1 aromatic rings. The van der Waals surface area contributed by atoms with Crippen molar-refractivity contribution in [2.75, 3.05) is 6.54 Å². The lowest BCUT2D eigenvalue weighted by atomic mass is 10.1. The molecule has 0 bridgehead atoms. The maximum absolute atomic E-state index is 12.3. The van der Waals surface area contributed by atoms with Crippen LogP contribution in [0.15, 0.2) is 24.3 Å². The van der Waals surface area contributed by atoms with Crippen molar-refractivity contribution in [2.45, 2.75) is 46.8 Å². The number of hydrogen-bond donors (Lipinski definition) is 0. The summed E-state index contributed by atoms with van der Waals surface area (Å²) in [6.07, 6.45) is -0.384. The molecule has 114 valence electrons. The van der Waals surface area contributed by atoms with Crippen LogP contribution in [0.2, 0.25) is 0 Å². The van der Waals surface area contributed by atoms with Crippen molar-refractivity contribution in [1.29, 1.82) is 5.26 Å². The third kappa shape index (κ3) is 6.31. The summed E-state index contributed by atoms with van der Waals surface area (Å²) in [6, 6.07) is 10.2. The fraction of sp³-hybridized carbons (Fsp3) is 0.529. The molecule has 0 saturated carbocycles. The molecule has 0 aliphatic rings. The van der Waals surface area contributed by atoms with E-state index in [4.69, 9.17) is 10.00 Å². The van der Waals surface area contributed by atoms with Crippen LogP contribution in [0.4, 0.5) is 4.79 Å². The lowest BCUT2D eigenvalue weighted by Gasteiger charge is -2.28. The third-order valence-electron chi connectivity index (χ3n) is 2.86. The average Bonchev–Trinajstić information content (AvgIpc) is 2.38. The maximum atomic E-state index is 12.3. The number of nitriles is 1. The average molecular weight is 288 g/mol. The van der Waals surface area contributed by atoms with Crippen LogP contribution in [0.3, 0.4) is 0 Å². The summed E-state index contributed by atoms with van der Waals surface area (Å²) in [5, 5.41) is 8.97. The normalized spacial score (nSPS) is 12.4. The van der Waals surface area contributed by atoms with Gasteiger partial charge in [-0.15, -0.1) is 0 Å². The van der Waals surface area contributed by atoms with Gasteiger partial charge in [0.25, 0.3) is 0 Å². The lowest BCUT2D eigenvalue weighted by molar-refractivity contribution is 0.0219. The summed E-state index contributed by atoms with van der Waals surface area (Å²) >= 11 is 0. The Kier molecular flexibility index (Phi) is 5.78. The van der Waals surface area contributed by atoms with E-state index in [9.17, 15) is 4.79 Å². The number of rotatable bonds is 4. The molecule has 0 N–H and O–H groups in total. The van der Waals surface area contributed by atoms with Crippen LogP contribution in [0, 0.1) is 24.2 Å². The van der Waals surface area contributed by atoms with Gasteiger partial charge in [-0.1, -0.05) is 29.8 Å². The van der Waals surface area contributed by atoms with Crippen LogP contribution in [0.5, 0.6) is 0 Å². The number of amides is 1. The van der Waals surface area contributed by atoms with E-state index in [2.05, 4.69) is 6.07 Å². The molecule has 0 radical (unpaired) electrons. The SMILES string of the molecule is Cc1ccc(CN(CC(C)C#N)C(=O)OC(C)(C)C)cc1. The van der Waals surface area contributed by atoms with Crippen molar-refractivity contribution in [3.63, 3.8) is 0 Å². The molecule has 4 nitrogen and oxygen atoms in total. The minimum absolute atomic E-state index is 0.233. The number of nitrogens with zero attached hydrogens (tertiary/aromatic N) is 2. The molecule has 1 amide bonds. The molecular formula is C17H24N2O2. The summed E-state index contributed by atoms with van der Waals surface area (Å²) in [4.78, 5) is 13.9. The molecule has 0 aliphatic carbocycles. The summed E-state index contributed by atoms with van der Waals surface area (Å²) in [6.45, 7) is 10.1. The Labute approximate surface area is 127 Å². The number of benzene rings is 1. The second kappa shape index (κ2) is 7.12. The van der Waals surface area contributed by atoms with E-state index in [1.807, 2.05) is 52.0 Å². The van der Waals surface area contributed by atoms with Gasteiger partial charge in [-0.3, -0.25) is 0 Å². The van der Waals surface area contributed by atoms with E-state index >= 15 is 0 Å². The largest absolute Gasteiger partial charge is 0.444 e. The number of aryl methyl sites for hydroxylation is 1. The van der Waals surface area contributed by atoms with Gasteiger partial charge in [-0.25, -0.2) is 4.79 Å². The molecule has 1 rings (SSSR count). The first-order chi connectivity index (χ1) is 9.71. The zero-order valence-electron chi connectivity index (χ0n) is 13.5. The second-order valence-corrected chi connectivity index (χ2v) is 6.38. The van der Waals surface area contributed by atoms with Crippen LogP contribution in [0.1, 0.15) is 38.8 Å². The van der Waals surface area contributed by atoms with E-state index in [-0.39, 0.29) is 12.0 Å². The fourth-order valence-corrected chi connectivity index (χ4v) is 1.82. The molecule has 0 heterocycles. The first-order valence-electron chi connectivity index (χ1n) is 7.14. The highest BCUT2D eigenvalue weighted by Gasteiger charge is 2.23. The predicted molar refractivity (Wildman–Crippen MR) is 82.6 cm³/mol. The van der Waals surface area contributed by atoms with Crippen LogP contribution < -0.4 is 0 Å². The van der Waals surface area contributed by atoms with Gasteiger partial charge >= 0.3 is 6.09 Å². The van der Waals surface area contributed by atoms with E-state index in [1.165, 1.54) is 5.56 Å². The second-order valence-electron chi connectivity index (χ2n) is 6.38. The van der Waals surface area contributed by atoms with Gasteiger partial charge in [0.15, 0.2) is 0 Å². The quantitative estimate of drug-likeness (QED) is 0.844. The first kappa shape index (κ1) is 17.0. The molecule has 0 aromatic heterocycles. The molecule has 0 aliphatic heterocycles. The number of carbonyl (C=O) groups is 1.